The molecule has 0 saturated carbocycles. The molecule has 2 atom stereocenters. The van der Waals surface area contributed by atoms with Crippen molar-refractivity contribution in [2.24, 2.45) is 0 Å². The van der Waals surface area contributed by atoms with Crippen LogP contribution in [0.2, 0.25) is 0 Å². The number of piperidine rings is 1. The van der Waals surface area contributed by atoms with Gasteiger partial charge in [-0.05, 0) is 75.4 Å². The fourth-order valence-corrected chi connectivity index (χ4v) is 3.89. The average Bonchev–Trinajstić information content (AvgIpc) is 2.49. The van der Waals surface area contributed by atoms with E-state index in [1.807, 2.05) is 12.1 Å². The number of aryl methyl sites for hydroxylation is 1. The summed E-state index contributed by atoms with van der Waals surface area (Å²) in [7, 11) is 0. The van der Waals surface area contributed by atoms with Crippen LogP contribution in [-0.4, -0.2) is 35.7 Å². The van der Waals surface area contributed by atoms with Gasteiger partial charge in [-0.1, -0.05) is 12.5 Å². The van der Waals surface area contributed by atoms with E-state index < -0.39 is 0 Å². The van der Waals surface area contributed by atoms with Gasteiger partial charge in [0.1, 0.15) is 5.75 Å². The van der Waals surface area contributed by atoms with Crippen LogP contribution in [0.1, 0.15) is 56.2 Å². The number of aromatic hydroxyl groups is 1. The SMILES string of the molecule is CC(CN1CCCCC1)NC1CCCc2ccc(O)cc21. The molecule has 0 spiro atoms. The monoisotopic (exact) mass is 288 g/mol. The topological polar surface area (TPSA) is 35.5 Å². The van der Waals surface area contributed by atoms with Crippen molar-refractivity contribution < 1.29 is 5.11 Å². The predicted octanol–water partition coefficient (Wildman–Crippen LogP) is 3.23. The number of likely N-dealkylation sites (tertiary alicyclic amines) is 1. The van der Waals surface area contributed by atoms with E-state index in [-0.39, 0.29) is 0 Å². The lowest BCUT2D eigenvalue weighted by Gasteiger charge is -2.33. The second-order valence-corrected chi connectivity index (χ2v) is 6.76. The summed E-state index contributed by atoms with van der Waals surface area (Å²) < 4.78 is 0. The maximum absolute atomic E-state index is 9.77. The third-order valence-electron chi connectivity index (χ3n) is 4.91. The summed E-state index contributed by atoms with van der Waals surface area (Å²) >= 11 is 0. The van der Waals surface area contributed by atoms with Crippen LogP contribution >= 0.6 is 0 Å². The van der Waals surface area contributed by atoms with Crippen LogP contribution in [0.25, 0.3) is 0 Å². The molecule has 1 saturated heterocycles. The molecule has 0 radical (unpaired) electrons. The number of hydrogen-bond donors (Lipinski definition) is 2. The molecule has 3 heteroatoms. The third kappa shape index (κ3) is 3.78. The first kappa shape index (κ1) is 14.9. The van der Waals surface area contributed by atoms with Crippen LogP contribution < -0.4 is 5.32 Å². The molecule has 3 rings (SSSR count). The Labute approximate surface area is 128 Å². The van der Waals surface area contributed by atoms with Gasteiger partial charge in [-0.2, -0.15) is 0 Å². The minimum atomic E-state index is 0.395. The second-order valence-electron chi connectivity index (χ2n) is 6.76. The lowest BCUT2D eigenvalue weighted by Crippen LogP contribution is -2.43. The molecule has 1 aromatic carbocycles. The van der Waals surface area contributed by atoms with Crippen molar-refractivity contribution in [2.45, 2.75) is 57.5 Å². The van der Waals surface area contributed by atoms with Crippen molar-refractivity contribution in [2.75, 3.05) is 19.6 Å². The Bertz CT molecular complexity index is 468. The van der Waals surface area contributed by atoms with Crippen LogP contribution in [0, 0.1) is 0 Å². The fraction of sp³-hybridized carbons (Fsp3) is 0.667. The van der Waals surface area contributed by atoms with E-state index in [0.29, 0.717) is 17.8 Å². The molecular weight excluding hydrogens is 260 g/mol. The summed E-state index contributed by atoms with van der Waals surface area (Å²) in [4.78, 5) is 2.59. The quantitative estimate of drug-likeness (QED) is 0.893. The van der Waals surface area contributed by atoms with Gasteiger partial charge in [-0.3, -0.25) is 0 Å². The first-order chi connectivity index (χ1) is 10.2. The van der Waals surface area contributed by atoms with E-state index in [1.54, 1.807) is 0 Å². The highest BCUT2D eigenvalue weighted by Crippen LogP contribution is 2.32. The van der Waals surface area contributed by atoms with Gasteiger partial charge in [0.25, 0.3) is 0 Å². The smallest absolute Gasteiger partial charge is 0.115 e. The predicted molar refractivity (Wildman–Crippen MR) is 86.7 cm³/mol. The number of phenolic OH excluding ortho intramolecular Hbond substituents is 1. The van der Waals surface area contributed by atoms with Crippen molar-refractivity contribution in [3.63, 3.8) is 0 Å². The average molecular weight is 288 g/mol. The van der Waals surface area contributed by atoms with Crippen LogP contribution in [0.15, 0.2) is 18.2 Å². The minimum Gasteiger partial charge on any atom is -0.508 e. The van der Waals surface area contributed by atoms with Gasteiger partial charge in [-0.15, -0.1) is 0 Å². The molecule has 3 nitrogen and oxygen atoms in total. The van der Waals surface area contributed by atoms with Crippen molar-refractivity contribution in [3.05, 3.63) is 29.3 Å². The zero-order chi connectivity index (χ0) is 14.7. The molecule has 1 aliphatic heterocycles. The lowest BCUT2D eigenvalue weighted by molar-refractivity contribution is 0.202. The summed E-state index contributed by atoms with van der Waals surface area (Å²) in [6.07, 6.45) is 7.67. The number of benzene rings is 1. The summed E-state index contributed by atoms with van der Waals surface area (Å²) in [5.41, 5.74) is 2.72. The molecule has 116 valence electrons. The van der Waals surface area contributed by atoms with Crippen LogP contribution in [0.3, 0.4) is 0 Å². The molecular formula is C18H28N2O. The van der Waals surface area contributed by atoms with Crippen molar-refractivity contribution >= 4 is 0 Å². The molecule has 2 aliphatic rings. The van der Waals surface area contributed by atoms with E-state index in [0.717, 1.165) is 13.0 Å². The van der Waals surface area contributed by atoms with Gasteiger partial charge < -0.3 is 15.3 Å². The van der Waals surface area contributed by atoms with Gasteiger partial charge in [0.15, 0.2) is 0 Å². The Hall–Kier alpha value is -1.06. The Kier molecular flexibility index (Phi) is 4.81. The van der Waals surface area contributed by atoms with E-state index in [1.165, 1.54) is 56.3 Å². The van der Waals surface area contributed by atoms with Crippen molar-refractivity contribution in [3.8, 4) is 5.75 Å². The molecule has 2 unspecified atom stereocenters. The standard InChI is InChI=1S/C18H28N2O/c1-14(13-20-10-3-2-4-11-20)19-18-7-5-6-15-8-9-16(21)12-17(15)18/h8-9,12,14,18-19,21H,2-7,10-11,13H2,1H3. The largest absolute Gasteiger partial charge is 0.508 e. The van der Waals surface area contributed by atoms with Gasteiger partial charge >= 0.3 is 0 Å². The number of nitrogens with one attached hydrogen (secondary N) is 1. The lowest BCUT2D eigenvalue weighted by atomic mass is 9.87. The molecule has 0 aromatic heterocycles. The van der Waals surface area contributed by atoms with E-state index in [2.05, 4.69) is 23.2 Å². The highest BCUT2D eigenvalue weighted by atomic mass is 16.3. The number of fused-ring (bicyclic) bond motifs is 1. The van der Waals surface area contributed by atoms with E-state index >= 15 is 0 Å². The molecule has 1 aromatic rings. The summed E-state index contributed by atoms with van der Waals surface area (Å²) in [6.45, 7) is 5.96. The Morgan fingerprint density at radius 2 is 2.05 bits per heavy atom. The fourth-order valence-electron chi connectivity index (χ4n) is 3.89. The van der Waals surface area contributed by atoms with Crippen LogP contribution in [0.4, 0.5) is 0 Å². The van der Waals surface area contributed by atoms with E-state index in [4.69, 9.17) is 0 Å². The number of nitrogens with zero attached hydrogens (tertiary/aromatic N) is 1. The van der Waals surface area contributed by atoms with Crippen molar-refractivity contribution in [1.29, 1.82) is 0 Å². The number of rotatable bonds is 4. The normalized spacial score (nSPS) is 24.5. The maximum Gasteiger partial charge on any atom is 0.115 e. The highest BCUT2D eigenvalue weighted by molar-refractivity contribution is 5.38. The molecule has 1 heterocycles. The zero-order valence-corrected chi connectivity index (χ0v) is 13.1. The number of phenols is 1. The van der Waals surface area contributed by atoms with Gasteiger partial charge in [0, 0.05) is 18.6 Å². The van der Waals surface area contributed by atoms with E-state index in [9.17, 15) is 5.11 Å². The van der Waals surface area contributed by atoms with Gasteiger partial charge in [-0.25, -0.2) is 0 Å². The first-order valence-corrected chi connectivity index (χ1v) is 8.52. The Balaban J connectivity index is 1.61. The third-order valence-corrected chi connectivity index (χ3v) is 4.91. The zero-order valence-electron chi connectivity index (χ0n) is 13.1. The maximum atomic E-state index is 9.77. The Morgan fingerprint density at radius 1 is 1.24 bits per heavy atom. The Morgan fingerprint density at radius 3 is 2.86 bits per heavy atom. The second kappa shape index (κ2) is 6.80. The molecule has 0 bridgehead atoms. The van der Waals surface area contributed by atoms with Gasteiger partial charge in [0.2, 0.25) is 0 Å². The van der Waals surface area contributed by atoms with Crippen LogP contribution in [-0.2, 0) is 6.42 Å². The van der Waals surface area contributed by atoms with Gasteiger partial charge in [0.05, 0.1) is 0 Å². The minimum absolute atomic E-state index is 0.395. The molecule has 1 aliphatic carbocycles. The summed E-state index contributed by atoms with van der Waals surface area (Å²) in [5, 5.41) is 13.6. The summed E-state index contributed by atoms with van der Waals surface area (Å²) in [5.74, 6) is 0.395. The molecule has 1 fully saturated rings. The molecule has 2 N–H and O–H groups in total. The highest BCUT2D eigenvalue weighted by Gasteiger charge is 2.23. The number of hydrogen-bond acceptors (Lipinski definition) is 3. The summed E-state index contributed by atoms with van der Waals surface area (Å²) in [6, 6.07) is 6.77. The van der Waals surface area contributed by atoms with Crippen molar-refractivity contribution in [1.82, 2.24) is 10.2 Å². The first-order valence-electron chi connectivity index (χ1n) is 8.52. The molecule has 0 amide bonds. The van der Waals surface area contributed by atoms with Crippen LogP contribution in [0.5, 0.6) is 5.75 Å². The molecule has 21 heavy (non-hydrogen) atoms.